The van der Waals surface area contributed by atoms with Crippen molar-refractivity contribution < 1.29 is 0 Å². The molecular weight excluding hydrogens is 238 g/mol. The highest BCUT2D eigenvalue weighted by Crippen LogP contribution is 2.12. The van der Waals surface area contributed by atoms with Crippen LogP contribution < -0.4 is 10.6 Å². The molecule has 2 rings (SSSR count). The Balaban J connectivity index is 1.82. The summed E-state index contributed by atoms with van der Waals surface area (Å²) in [6, 6.07) is 1.99. The van der Waals surface area contributed by atoms with Gasteiger partial charge >= 0.3 is 0 Å². The van der Waals surface area contributed by atoms with Crippen molar-refractivity contribution >= 4 is 11.8 Å². The first-order valence-electron chi connectivity index (χ1n) is 7.17. The third-order valence-corrected chi connectivity index (χ3v) is 3.48. The maximum atomic E-state index is 4.41. The van der Waals surface area contributed by atoms with Crippen LogP contribution in [-0.4, -0.2) is 48.1 Å². The van der Waals surface area contributed by atoms with E-state index in [1.807, 2.05) is 20.0 Å². The Labute approximate surface area is 115 Å². The van der Waals surface area contributed by atoms with Crippen LogP contribution in [0.15, 0.2) is 6.07 Å². The summed E-state index contributed by atoms with van der Waals surface area (Å²) >= 11 is 0. The quantitative estimate of drug-likeness (QED) is 0.822. The minimum Gasteiger partial charge on any atom is -0.370 e. The van der Waals surface area contributed by atoms with Crippen molar-refractivity contribution in [1.82, 2.24) is 14.9 Å². The van der Waals surface area contributed by atoms with Crippen molar-refractivity contribution in [3.05, 3.63) is 11.8 Å². The Bertz CT molecular complexity index is 401. The fraction of sp³-hybridized carbons (Fsp3) is 0.714. The summed E-state index contributed by atoms with van der Waals surface area (Å²) in [5, 5.41) is 6.40. The van der Waals surface area contributed by atoms with Gasteiger partial charge < -0.3 is 15.5 Å². The molecule has 1 aliphatic heterocycles. The second-order valence-corrected chi connectivity index (χ2v) is 5.46. The number of nitrogens with zero attached hydrogens (tertiary/aromatic N) is 3. The van der Waals surface area contributed by atoms with E-state index < -0.39 is 0 Å². The van der Waals surface area contributed by atoms with Crippen LogP contribution in [0.4, 0.5) is 11.8 Å². The molecule has 0 bridgehead atoms. The van der Waals surface area contributed by atoms with Gasteiger partial charge in [-0.2, -0.15) is 4.98 Å². The van der Waals surface area contributed by atoms with Crippen molar-refractivity contribution in [2.75, 3.05) is 43.9 Å². The van der Waals surface area contributed by atoms with Crippen molar-refractivity contribution in [2.45, 2.75) is 26.7 Å². The number of anilines is 2. The van der Waals surface area contributed by atoms with Crippen LogP contribution in [0.1, 0.15) is 25.5 Å². The van der Waals surface area contributed by atoms with Gasteiger partial charge in [-0.15, -0.1) is 0 Å². The zero-order chi connectivity index (χ0) is 13.7. The van der Waals surface area contributed by atoms with Crippen LogP contribution in [0.5, 0.6) is 0 Å². The lowest BCUT2D eigenvalue weighted by atomic mass is 10.1. The molecule has 2 heterocycles. The van der Waals surface area contributed by atoms with Crippen molar-refractivity contribution in [1.29, 1.82) is 0 Å². The first-order chi connectivity index (χ1) is 9.17. The molecular formula is C14H25N5. The molecule has 106 valence electrons. The van der Waals surface area contributed by atoms with Crippen LogP contribution in [0.3, 0.4) is 0 Å². The van der Waals surface area contributed by atoms with Gasteiger partial charge in [0.05, 0.1) is 0 Å². The number of nitrogens with one attached hydrogen (secondary N) is 2. The molecule has 0 amide bonds. The second-order valence-electron chi connectivity index (χ2n) is 5.46. The molecule has 19 heavy (non-hydrogen) atoms. The van der Waals surface area contributed by atoms with E-state index in [2.05, 4.69) is 32.4 Å². The number of hydrogen-bond donors (Lipinski definition) is 2. The highest BCUT2D eigenvalue weighted by Gasteiger charge is 2.14. The maximum absolute atomic E-state index is 4.41. The van der Waals surface area contributed by atoms with Crippen LogP contribution in [0, 0.1) is 12.8 Å². The Kier molecular flexibility index (Phi) is 4.96. The fourth-order valence-electron chi connectivity index (χ4n) is 2.52. The third-order valence-electron chi connectivity index (χ3n) is 3.48. The van der Waals surface area contributed by atoms with Crippen molar-refractivity contribution in [3.63, 3.8) is 0 Å². The van der Waals surface area contributed by atoms with Crippen molar-refractivity contribution in [3.8, 4) is 0 Å². The predicted molar refractivity (Wildman–Crippen MR) is 79.6 cm³/mol. The number of hydrogen-bond acceptors (Lipinski definition) is 5. The summed E-state index contributed by atoms with van der Waals surface area (Å²) in [5.41, 5.74) is 0.981. The lowest BCUT2D eigenvalue weighted by molar-refractivity contribution is 0.294. The molecule has 1 aliphatic rings. The van der Waals surface area contributed by atoms with Crippen LogP contribution in [-0.2, 0) is 0 Å². The lowest BCUT2D eigenvalue weighted by Crippen LogP contribution is -2.29. The average molecular weight is 263 g/mol. The van der Waals surface area contributed by atoms with E-state index in [1.165, 1.54) is 32.5 Å². The van der Waals surface area contributed by atoms with Gasteiger partial charge in [-0.1, -0.05) is 6.92 Å². The average Bonchev–Trinajstić information content (AvgIpc) is 2.88. The van der Waals surface area contributed by atoms with Crippen LogP contribution in [0.25, 0.3) is 0 Å². The van der Waals surface area contributed by atoms with Gasteiger partial charge in [0, 0.05) is 31.9 Å². The summed E-state index contributed by atoms with van der Waals surface area (Å²) in [6.07, 6.45) is 2.72. The van der Waals surface area contributed by atoms with Gasteiger partial charge in [0.2, 0.25) is 5.95 Å². The number of aromatic nitrogens is 2. The molecule has 0 saturated carbocycles. The van der Waals surface area contributed by atoms with E-state index in [4.69, 9.17) is 0 Å². The zero-order valence-corrected chi connectivity index (χ0v) is 12.2. The number of likely N-dealkylation sites (tertiary alicyclic amines) is 1. The van der Waals surface area contributed by atoms with E-state index in [9.17, 15) is 0 Å². The Morgan fingerprint density at radius 2 is 2.05 bits per heavy atom. The van der Waals surface area contributed by atoms with Gasteiger partial charge in [-0.05, 0) is 38.8 Å². The largest absolute Gasteiger partial charge is 0.370 e. The molecule has 1 aromatic rings. The number of aryl methyl sites for hydroxylation is 1. The van der Waals surface area contributed by atoms with Crippen LogP contribution >= 0.6 is 0 Å². The molecule has 2 N–H and O–H groups in total. The van der Waals surface area contributed by atoms with Gasteiger partial charge in [0.1, 0.15) is 5.82 Å². The monoisotopic (exact) mass is 263 g/mol. The Morgan fingerprint density at radius 3 is 2.74 bits per heavy atom. The summed E-state index contributed by atoms with van der Waals surface area (Å²) in [5.74, 6) is 2.21. The molecule has 1 saturated heterocycles. The molecule has 0 radical (unpaired) electrons. The SMILES string of the molecule is CNc1nc(C)cc(NCC(C)CN2CCCC2)n1. The zero-order valence-electron chi connectivity index (χ0n) is 12.2. The molecule has 0 spiro atoms. The molecule has 0 aromatic carbocycles. The predicted octanol–water partition coefficient (Wildman–Crippen LogP) is 1.97. The summed E-state index contributed by atoms with van der Waals surface area (Å²) < 4.78 is 0. The smallest absolute Gasteiger partial charge is 0.224 e. The van der Waals surface area contributed by atoms with E-state index in [1.54, 1.807) is 0 Å². The second kappa shape index (κ2) is 6.70. The van der Waals surface area contributed by atoms with Crippen LogP contribution in [0.2, 0.25) is 0 Å². The first-order valence-corrected chi connectivity index (χ1v) is 7.17. The summed E-state index contributed by atoms with van der Waals surface area (Å²) in [6.45, 7) is 8.94. The molecule has 1 fully saturated rings. The normalized spacial score (nSPS) is 17.4. The minimum absolute atomic E-state index is 0.631. The van der Waals surface area contributed by atoms with Gasteiger partial charge in [0.15, 0.2) is 0 Å². The van der Waals surface area contributed by atoms with Gasteiger partial charge in [0.25, 0.3) is 0 Å². The maximum Gasteiger partial charge on any atom is 0.224 e. The summed E-state index contributed by atoms with van der Waals surface area (Å²) in [7, 11) is 1.84. The highest BCUT2D eigenvalue weighted by atomic mass is 15.2. The minimum atomic E-state index is 0.631. The standard InChI is InChI=1S/C14H25N5/c1-11(10-19-6-4-5-7-19)9-16-13-8-12(2)17-14(15-3)18-13/h8,11H,4-7,9-10H2,1-3H3,(H2,15,16,17,18). The van der Waals surface area contributed by atoms with E-state index in [-0.39, 0.29) is 0 Å². The molecule has 1 atom stereocenters. The third kappa shape index (κ3) is 4.35. The van der Waals surface area contributed by atoms with Crippen molar-refractivity contribution in [2.24, 2.45) is 5.92 Å². The van der Waals surface area contributed by atoms with E-state index >= 15 is 0 Å². The Hall–Kier alpha value is -1.36. The molecule has 0 aliphatic carbocycles. The topological polar surface area (TPSA) is 53.1 Å². The molecule has 1 aromatic heterocycles. The summed E-state index contributed by atoms with van der Waals surface area (Å²) in [4.78, 5) is 11.3. The fourth-order valence-corrected chi connectivity index (χ4v) is 2.52. The first kappa shape index (κ1) is 14.1. The van der Waals surface area contributed by atoms with Gasteiger partial charge in [-0.25, -0.2) is 4.98 Å². The van der Waals surface area contributed by atoms with E-state index in [0.29, 0.717) is 11.9 Å². The molecule has 5 heteroatoms. The van der Waals surface area contributed by atoms with Gasteiger partial charge in [-0.3, -0.25) is 0 Å². The molecule has 5 nitrogen and oxygen atoms in total. The Morgan fingerprint density at radius 1 is 1.32 bits per heavy atom. The van der Waals surface area contributed by atoms with E-state index in [0.717, 1.165) is 18.1 Å². The molecule has 1 unspecified atom stereocenters. The number of rotatable bonds is 6. The highest BCUT2D eigenvalue weighted by molar-refractivity contribution is 5.41. The lowest BCUT2D eigenvalue weighted by Gasteiger charge is -2.20.